The molecule has 0 saturated heterocycles. The Balaban J connectivity index is 3.51. The second kappa shape index (κ2) is 7.02. The van der Waals surface area contributed by atoms with E-state index < -0.39 is 16.0 Å². The second-order valence-electron chi connectivity index (χ2n) is 4.31. The van der Waals surface area contributed by atoms with Crippen LogP contribution in [0.1, 0.15) is 15.9 Å². The normalized spacial score (nSPS) is 11.4. The molecule has 114 valence electrons. The molecule has 0 aliphatic rings. The van der Waals surface area contributed by atoms with E-state index >= 15 is 0 Å². The van der Waals surface area contributed by atoms with Crippen LogP contribution < -0.4 is 0 Å². The minimum absolute atomic E-state index is 0.0774. The topological polar surface area (TPSA) is 74.7 Å². The number of halogens is 1. The Morgan fingerprint density at radius 2 is 1.86 bits per heavy atom. The van der Waals surface area contributed by atoms with Crippen LogP contribution in [0.4, 0.5) is 0 Å². The van der Waals surface area contributed by atoms with Gasteiger partial charge in [-0.05, 0) is 40.5 Å². The van der Waals surface area contributed by atoms with E-state index in [1.165, 1.54) is 18.2 Å². The van der Waals surface area contributed by atoms with Crippen molar-refractivity contribution in [1.82, 2.24) is 4.31 Å². The molecule has 1 aromatic rings. The van der Waals surface area contributed by atoms with Crippen LogP contribution in [0.3, 0.4) is 0 Å². The predicted molar refractivity (Wildman–Crippen MR) is 85.0 cm³/mol. The molecule has 0 bridgehead atoms. The fraction of sp³-hybridized carbons (Fsp3) is 0.214. The van der Waals surface area contributed by atoms with E-state index in [2.05, 4.69) is 29.1 Å². The number of benzene rings is 1. The zero-order chi connectivity index (χ0) is 16.2. The molecule has 0 heterocycles. The first-order chi connectivity index (χ1) is 9.75. The highest BCUT2D eigenvalue weighted by Crippen LogP contribution is 2.29. The van der Waals surface area contributed by atoms with Crippen LogP contribution in [0, 0.1) is 6.92 Å². The fourth-order valence-electron chi connectivity index (χ4n) is 1.75. The SMILES string of the molecule is C=CCN(CC=C)S(=O)(=O)c1cc(C(=O)O)cc(C)c1Br. The van der Waals surface area contributed by atoms with E-state index in [0.29, 0.717) is 10.0 Å². The van der Waals surface area contributed by atoms with Gasteiger partial charge in [-0.1, -0.05) is 12.2 Å². The van der Waals surface area contributed by atoms with Gasteiger partial charge in [-0.2, -0.15) is 4.31 Å². The molecule has 0 fully saturated rings. The van der Waals surface area contributed by atoms with Crippen molar-refractivity contribution in [3.8, 4) is 0 Å². The molecule has 1 N–H and O–H groups in total. The monoisotopic (exact) mass is 373 g/mol. The number of nitrogens with zero attached hydrogens (tertiary/aromatic N) is 1. The van der Waals surface area contributed by atoms with Crippen molar-refractivity contribution in [2.24, 2.45) is 0 Å². The van der Waals surface area contributed by atoms with Gasteiger partial charge in [0.15, 0.2) is 0 Å². The summed E-state index contributed by atoms with van der Waals surface area (Å²) in [4.78, 5) is 11.0. The quantitative estimate of drug-likeness (QED) is 0.745. The molecule has 21 heavy (non-hydrogen) atoms. The van der Waals surface area contributed by atoms with Gasteiger partial charge in [0.2, 0.25) is 10.0 Å². The Kier molecular flexibility index (Phi) is 5.88. The summed E-state index contributed by atoms with van der Waals surface area (Å²) in [5.74, 6) is -1.18. The van der Waals surface area contributed by atoms with E-state index in [-0.39, 0.29) is 23.5 Å². The van der Waals surface area contributed by atoms with Crippen LogP contribution in [0.25, 0.3) is 0 Å². The lowest BCUT2D eigenvalue weighted by molar-refractivity contribution is 0.0696. The van der Waals surface area contributed by atoms with Gasteiger partial charge in [-0.25, -0.2) is 13.2 Å². The third kappa shape index (κ3) is 3.81. The van der Waals surface area contributed by atoms with Gasteiger partial charge in [-0.3, -0.25) is 0 Å². The van der Waals surface area contributed by atoms with Gasteiger partial charge in [0.05, 0.1) is 10.5 Å². The molecular weight excluding hydrogens is 358 g/mol. The van der Waals surface area contributed by atoms with Crippen LogP contribution >= 0.6 is 15.9 Å². The third-order valence-electron chi connectivity index (χ3n) is 2.75. The zero-order valence-electron chi connectivity index (χ0n) is 11.5. The molecule has 0 aromatic heterocycles. The summed E-state index contributed by atoms with van der Waals surface area (Å²) < 4.78 is 26.9. The van der Waals surface area contributed by atoms with Gasteiger partial charge in [0.25, 0.3) is 0 Å². The number of hydrogen-bond donors (Lipinski definition) is 1. The Morgan fingerprint density at radius 1 is 1.33 bits per heavy atom. The number of sulfonamides is 1. The van der Waals surface area contributed by atoms with Crippen molar-refractivity contribution >= 4 is 31.9 Å². The standard InChI is InChI=1S/C14H16BrNO4S/c1-4-6-16(7-5-2)21(19,20)12-9-11(14(17)18)8-10(3)13(12)15/h4-5,8-9H,1-2,6-7H2,3H3,(H,17,18). The van der Waals surface area contributed by atoms with Crippen LogP contribution in [0.15, 0.2) is 46.8 Å². The average molecular weight is 374 g/mol. The predicted octanol–water partition coefficient (Wildman–Crippen LogP) is 2.82. The number of aromatic carboxylic acids is 1. The number of aryl methyl sites for hydroxylation is 1. The number of rotatable bonds is 7. The largest absolute Gasteiger partial charge is 0.478 e. The lowest BCUT2D eigenvalue weighted by Crippen LogP contribution is -2.32. The Labute approximate surface area is 132 Å². The van der Waals surface area contributed by atoms with E-state index in [1.54, 1.807) is 6.92 Å². The molecule has 0 saturated carbocycles. The maximum atomic E-state index is 12.7. The van der Waals surface area contributed by atoms with E-state index in [9.17, 15) is 13.2 Å². The van der Waals surface area contributed by atoms with Crippen molar-refractivity contribution < 1.29 is 18.3 Å². The molecule has 0 radical (unpaired) electrons. The average Bonchev–Trinajstić information content (AvgIpc) is 2.40. The molecule has 1 aromatic carbocycles. The number of carboxylic acids is 1. The highest BCUT2D eigenvalue weighted by atomic mass is 79.9. The van der Waals surface area contributed by atoms with Gasteiger partial charge < -0.3 is 5.11 Å². The molecule has 0 amide bonds. The summed E-state index contributed by atoms with van der Waals surface area (Å²) in [6, 6.07) is 2.56. The first kappa shape index (κ1) is 17.6. The van der Waals surface area contributed by atoms with Crippen molar-refractivity contribution in [2.45, 2.75) is 11.8 Å². The molecule has 0 atom stereocenters. The van der Waals surface area contributed by atoms with Crippen molar-refractivity contribution in [1.29, 1.82) is 0 Å². The first-order valence-corrected chi connectivity index (χ1v) is 8.24. The summed E-state index contributed by atoms with van der Waals surface area (Å²) in [6.45, 7) is 8.92. The van der Waals surface area contributed by atoms with Crippen molar-refractivity contribution in [3.63, 3.8) is 0 Å². The Hall–Kier alpha value is -1.44. The van der Waals surface area contributed by atoms with Crippen molar-refractivity contribution in [3.05, 3.63) is 53.0 Å². The molecule has 7 heteroatoms. The smallest absolute Gasteiger partial charge is 0.335 e. The Bertz CT molecular complexity index is 672. The van der Waals surface area contributed by atoms with Gasteiger partial charge in [0.1, 0.15) is 0 Å². The first-order valence-electron chi connectivity index (χ1n) is 6.01. The maximum Gasteiger partial charge on any atom is 0.335 e. The van der Waals surface area contributed by atoms with Crippen LogP contribution in [0.5, 0.6) is 0 Å². The molecule has 0 spiro atoms. The lowest BCUT2D eigenvalue weighted by atomic mass is 10.1. The Morgan fingerprint density at radius 3 is 2.29 bits per heavy atom. The minimum atomic E-state index is -3.85. The second-order valence-corrected chi connectivity index (χ2v) is 7.01. The van der Waals surface area contributed by atoms with E-state index in [4.69, 9.17) is 5.11 Å². The highest BCUT2D eigenvalue weighted by molar-refractivity contribution is 9.10. The summed E-state index contributed by atoms with van der Waals surface area (Å²) >= 11 is 3.22. The summed E-state index contributed by atoms with van der Waals surface area (Å²) in [7, 11) is -3.85. The fourth-order valence-corrected chi connectivity index (χ4v) is 4.13. The van der Waals surface area contributed by atoms with Crippen LogP contribution in [0.2, 0.25) is 0 Å². The summed E-state index contributed by atoms with van der Waals surface area (Å²) in [5.41, 5.74) is 0.456. The van der Waals surface area contributed by atoms with Gasteiger partial charge in [0, 0.05) is 17.6 Å². The number of hydrogen-bond acceptors (Lipinski definition) is 3. The lowest BCUT2D eigenvalue weighted by Gasteiger charge is -2.20. The molecule has 5 nitrogen and oxygen atoms in total. The molecule has 0 aliphatic carbocycles. The van der Waals surface area contributed by atoms with Crippen LogP contribution in [-0.2, 0) is 10.0 Å². The van der Waals surface area contributed by atoms with E-state index in [1.807, 2.05) is 0 Å². The molecule has 1 rings (SSSR count). The molecule has 0 unspecified atom stereocenters. The van der Waals surface area contributed by atoms with E-state index in [0.717, 1.165) is 10.4 Å². The summed E-state index contributed by atoms with van der Waals surface area (Å²) in [5, 5.41) is 9.08. The molecule has 0 aliphatic heterocycles. The maximum absolute atomic E-state index is 12.7. The highest BCUT2D eigenvalue weighted by Gasteiger charge is 2.27. The molecular formula is C14H16BrNO4S. The number of carbonyl (C=O) groups is 1. The number of carboxylic acid groups (broad SMARTS) is 1. The van der Waals surface area contributed by atoms with Crippen LogP contribution in [-0.4, -0.2) is 36.9 Å². The van der Waals surface area contributed by atoms with Gasteiger partial charge >= 0.3 is 5.97 Å². The summed E-state index contributed by atoms with van der Waals surface area (Å²) in [6.07, 6.45) is 2.92. The minimum Gasteiger partial charge on any atom is -0.478 e. The zero-order valence-corrected chi connectivity index (χ0v) is 13.9. The van der Waals surface area contributed by atoms with Gasteiger partial charge in [-0.15, -0.1) is 13.2 Å². The van der Waals surface area contributed by atoms with Crippen molar-refractivity contribution in [2.75, 3.05) is 13.1 Å². The third-order valence-corrected chi connectivity index (χ3v) is 5.92.